The number of benzene rings is 2. The second kappa shape index (κ2) is 5.40. The lowest BCUT2D eigenvalue weighted by Gasteiger charge is -2.09. The van der Waals surface area contributed by atoms with Gasteiger partial charge < -0.3 is 10.5 Å². The molecule has 0 unspecified atom stereocenters. The second-order valence-corrected chi connectivity index (χ2v) is 4.90. The molecule has 0 saturated carbocycles. The Labute approximate surface area is 114 Å². The highest BCUT2D eigenvalue weighted by Gasteiger charge is 2.04. The van der Waals surface area contributed by atoms with E-state index in [1.165, 1.54) is 6.07 Å². The standard InChI is InChI=1S/C14H13BrFNO/c1-9-6-12(4-5-13(9)15)18-8-10-2-3-11(17)7-14(10)16/h2-7H,8,17H2,1H3. The minimum absolute atomic E-state index is 0.188. The van der Waals surface area contributed by atoms with Gasteiger partial charge in [0.1, 0.15) is 18.2 Å². The van der Waals surface area contributed by atoms with Crippen LogP contribution in [0.2, 0.25) is 0 Å². The van der Waals surface area contributed by atoms with Crippen LogP contribution in [0.3, 0.4) is 0 Å². The third-order valence-corrected chi connectivity index (χ3v) is 3.49. The van der Waals surface area contributed by atoms with E-state index < -0.39 is 0 Å². The van der Waals surface area contributed by atoms with Gasteiger partial charge in [-0.2, -0.15) is 0 Å². The Morgan fingerprint density at radius 2 is 2.00 bits per heavy atom. The number of hydrogen-bond donors (Lipinski definition) is 1. The fourth-order valence-electron chi connectivity index (χ4n) is 1.55. The topological polar surface area (TPSA) is 35.2 Å². The van der Waals surface area contributed by atoms with Crippen LogP contribution in [0.1, 0.15) is 11.1 Å². The molecule has 2 rings (SSSR count). The first-order chi connectivity index (χ1) is 8.56. The zero-order valence-corrected chi connectivity index (χ0v) is 11.5. The summed E-state index contributed by atoms with van der Waals surface area (Å²) in [7, 11) is 0. The van der Waals surface area contributed by atoms with Crippen molar-refractivity contribution in [3.05, 3.63) is 57.8 Å². The van der Waals surface area contributed by atoms with Crippen LogP contribution in [0.5, 0.6) is 5.75 Å². The predicted molar refractivity (Wildman–Crippen MR) is 74.0 cm³/mol. The first kappa shape index (κ1) is 12.9. The summed E-state index contributed by atoms with van der Waals surface area (Å²) in [4.78, 5) is 0. The molecule has 18 heavy (non-hydrogen) atoms. The first-order valence-electron chi connectivity index (χ1n) is 5.49. The molecule has 0 heterocycles. The number of rotatable bonds is 3. The number of nitrogen functional groups attached to an aromatic ring is 1. The van der Waals surface area contributed by atoms with Gasteiger partial charge in [-0.25, -0.2) is 4.39 Å². The zero-order valence-electron chi connectivity index (χ0n) is 9.91. The molecule has 2 aromatic rings. The molecule has 0 atom stereocenters. The monoisotopic (exact) mass is 309 g/mol. The lowest BCUT2D eigenvalue weighted by atomic mass is 10.2. The Morgan fingerprint density at radius 3 is 2.67 bits per heavy atom. The highest BCUT2D eigenvalue weighted by atomic mass is 79.9. The molecule has 0 spiro atoms. The summed E-state index contributed by atoms with van der Waals surface area (Å²) >= 11 is 3.42. The summed E-state index contributed by atoms with van der Waals surface area (Å²) in [6.45, 7) is 2.16. The van der Waals surface area contributed by atoms with Gasteiger partial charge in [0.25, 0.3) is 0 Å². The van der Waals surface area contributed by atoms with E-state index >= 15 is 0 Å². The lowest BCUT2D eigenvalue weighted by Crippen LogP contribution is -1.99. The van der Waals surface area contributed by atoms with Crippen molar-refractivity contribution in [1.29, 1.82) is 0 Å². The van der Waals surface area contributed by atoms with Gasteiger partial charge in [-0.3, -0.25) is 0 Å². The largest absolute Gasteiger partial charge is 0.489 e. The predicted octanol–water partition coefficient (Wildman–Crippen LogP) is 4.06. The van der Waals surface area contributed by atoms with E-state index in [1.807, 2.05) is 25.1 Å². The zero-order chi connectivity index (χ0) is 13.1. The van der Waals surface area contributed by atoms with Crippen LogP contribution < -0.4 is 10.5 Å². The second-order valence-electron chi connectivity index (χ2n) is 4.05. The molecular weight excluding hydrogens is 297 g/mol. The van der Waals surface area contributed by atoms with Gasteiger partial charge in [0, 0.05) is 15.7 Å². The van der Waals surface area contributed by atoms with Crippen molar-refractivity contribution in [2.75, 3.05) is 5.73 Å². The van der Waals surface area contributed by atoms with Crippen LogP contribution in [-0.2, 0) is 6.61 Å². The number of hydrogen-bond acceptors (Lipinski definition) is 2. The highest BCUT2D eigenvalue weighted by Crippen LogP contribution is 2.22. The van der Waals surface area contributed by atoms with E-state index in [-0.39, 0.29) is 12.4 Å². The van der Waals surface area contributed by atoms with Gasteiger partial charge in [0.15, 0.2) is 0 Å². The Hall–Kier alpha value is -1.55. The molecule has 0 aliphatic heterocycles. The summed E-state index contributed by atoms with van der Waals surface area (Å²) in [5.74, 6) is 0.371. The lowest BCUT2D eigenvalue weighted by molar-refractivity contribution is 0.299. The molecule has 94 valence electrons. The summed E-state index contributed by atoms with van der Waals surface area (Å²) in [5.41, 5.74) is 7.46. The number of anilines is 1. The van der Waals surface area contributed by atoms with Crippen LogP contribution in [0.4, 0.5) is 10.1 Å². The number of halogens is 2. The van der Waals surface area contributed by atoms with Crippen molar-refractivity contribution in [2.45, 2.75) is 13.5 Å². The summed E-state index contributed by atoms with van der Waals surface area (Å²) < 4.78 is 20.1. The normalized spacial score (nSPS) is 10.4. The third-order valence-electron chi connectivity index (χ3n) is 2.60. The molecule has 0 aliphatic carbocycles. The third kappa shape index (κ3) is 3.01. The van der Waals surface area contributed by atoms with E-state index in [0.717, 1.165) is 10.0 Å². The van der Waals surface area contributed by atoms with Crippen LogP contribution in [0, 0.1) is 12.7 Å². The van der Waals surface area contributed by atoms with Gasteiger partial charge in [0.05, 0.1) is 0 Å². The van der Waals surface area contributed by atoms with Gasteiger partial charge in [-0.15, -0.1) is 0 Å². The average Bonchev–Trinajstić information content (AvgIpc) is 2.32. The summed E-state index contributed by atoms with van der Waals surface area (Å²) in [6.07, 6.45) is 0. The maximum absolute atomic E-state index is 13.5. The molecule has 0 radical (unpaired) electrons. The Kier molecular flexibility index (Phi) is 3.87. The van der Waals surface area contributed by atoms with E-state index in [0.29, 0.717) is 17.0 Å². The fraction of sp³-hybridized carbons (Fsp3) is 0.143. The van der Waals surface area contributed by atoms with Gasteiger partial charge in [0.2, 0.25) is 0 Å². The van der Waals surface area contributed by atoms with Crippen molar-refractivity contribution in [1.82, 2.24) is 0 Å². The minimum atomic E-state index is -0.344. The fourth-order valence-corrected chi connectivity index (χ4v) is 1.80. The molecule has 2 aromatic carbocycles. The van der Waals surface area contributed by atoms with Gasteiger partial charge in [-0.1, -0.05) is 22.0 Å². The van der Waals surface area contributed by atoms with E-state index in [4.69, 9.17) is 10.5 Å². The molecule has 0 aromatic heterocycles. The van der Waals surface area contributed by atoms with E-state index in [2.05, 4.69) is 15.9 Å². The van der Waals surface area contributed by atoms with E-state index in [1.54, 1.807) is 12.1 Å². The average molecular weight is 310 g/mol. The van der Waals surface area contributed by atoms with Crippen molar-refractivity contribution >= 4 is 21.6 Å². The van der Waals surface area contributed by atoms with Crippen molar-refractivity contribution < 1.29 is 9.13 Å². The molecule has 0 aliphatic rings. The van der Waals surface area contributed by atoms with Crippen LogP contribution in [-0.4, -0.2) is 0 Å². The van der Waals surface area contributed by atoms with Gasteiger partial charge in [-0.05, 0) is 42.8 Å². The molecule has 0 amide bonds. The number of nitrogens with two attached hydrogens (primary N) is 1. The molecule has 2 nitrogen and oxygen atoms in total. The molecule has 0 fully saturated rings. The Bertz CT molecular complexity index is 572. The SMILES string of the molecule is Cc1cc(OCc2ccc(N)cc2F)ccc1Br. The van der Waals surface area contributed by atoms with Crippen molar-refractivity contribution in [3.8, 4) is 5.75 Å². The summed E-state index contributed by atoms with van der Waals surface area (Å²) in [5, 5.41) is 0. The molecule has 0 saturated heterocycles. The minimum Gasteiger partial charge on any atom is -0.489 e. The first-order valence-corrected chi connectivity index (χ1v) is 6.28. The molecule has 2 N–H and O–H groups in total. The smallest absolute Gasteiger partial charge is 0.131 e. The quantitative estimate of drug-likeness (QED) is 0.868. The Morgan fingerprint density at radius 1 is 1.22 bits per heavy atom. The van der Waals surface area contributed by atoms with E-state index in [9.17, 15) is 4.39 Å². The number of aryl methyl sites for hydroxylation is 1. The van der Waals surface area contributed by atoms with Crippen molar-refractivity contribution in [2.24, 2.45) is 0 Å². The van der Waals surface area contributed by atoms with Crippen LogP contribution >= 0.6 is 15.9 Å². The number of ether oxygens (including phenoxy) is 1. The van der Waals surface area contributed by atoms with Gasteiger partial charge >= 0.3 is 0 Å². The molecule has 0 bridgehead atoms. The van der Waals surface area contributed by atoms with Crippen LogP contribution in [0.25, 0.3) is 0 Å². The maximum atomic E-state index is 13.5. The molecule has 4 heteroatoms. The highest BCUT2D eigenvalue weighted by molar-refractivity contribution is 9.10. The maximum Gasteiger partial charge on any atom is 0.131 e. The summed E-state index contributed by atoms with van der Waals surface area (Å²) in [6, 6.07) is 10.2. The Balaban J connectivity index is 2.09. The van der Waals surface area contributed by atoms with Crippen molar-refractivity contribution in [3.63, 3.8) is 0 Å². The molecular formula is C14H13BrFNO. The van der Waals surface area contributed by atoms with Crippen LogP contribution in [0.15, 0.2) is 40.9 Å².